The molecule has 0 unspecified atom stereocenters. The van der Waals surface area contributed by atoms with E-state index in [4.69, 9.17) is 11.6 Å². The maximum atomic E-state index is 6.21. The molecule has 0 spiro atoms. The van der Waals surface area contributed by atoms with E-state index in [2.05, 4.69) is 16.4 Å². The van der Waals surface area contributed by atoms with Gasteiger partial charge in [0.15, 0.2) is 0 Å². The summed E-state index contributed by atoms with van der Waals surface area (Å²) in [4.78, 5) is 4.45. The predicted molar refractivity (Wildman–Crippen MR) is 67.9 cm³/mol. The molecule has 1 aliphatic heterocycles. The summed E-state index contributed by atoms with van der Waals surface area (Å²) in [5, 5.41) is 3.98. The monoisotopic (exact) mass is 230 g/mol. The molecule has 2 aliphatic rings. The van der Waals surface area contributed by atoms with Gasteiger partial charge in [-0.1, -0.05) is 29.8 Å². The van der Waals surface area contributed by atoms with Crippen molar-refractivity contribution in [3.05, 3.63) is 53.4 Å². The van der Waals surface area contributed by atoms with Gasteiger partial charge in [-0.3, -0.25) is 0 Å². The summed E-state index contributed by atoms with van der Waals surface area (Å²) < 4.78 is 0. The average molecular weight is 231 g/mol. The van der Waals surface area contributed by atoms with Crippen LogP contribution in [-0.2, 0) is 0 Å². The molecule has 1 heterocycles. The summed E-state index contributed by atoms with van der Waals surface area (Å²) >= 11 is 6.21. The number of benzene rings is 1. The molecule has 1 aromatic carbocycles. The lowest BCUT2D eigenvalue weighted by Gasteiger charge is -2.13. The van der Waals surface area contributed by atoms with Gasteiger partial charge in [-0.25, -0.2) is 4.99 Å². The predicted octanol–water partition coefficient (Wildman–Crippen LogP) is 3.66. The van der Waals surface area contributed by atoms with Crippen molar-refractivity contribution in [2.45, 2.75) is 12.8 Å². The Kier molecular flexibility index (Phi) is 2.29. The molecular formula is C13H11ClN2. The topological polar surface area (TPSA) is 24.4 Å². The molecule has 3 heteroatoms. The summed E-state index contributed by atoms with van der Waals surface area (Å²) in [6.45, 7) is 0. The number of hydrogen-bond acceptors (Lipinski definition) is 2. The summed E-state index contributed by atoms with van der Waals surface area (Å²) in [5.74, 6) is 0. The number of anilines is 1. The third kappa shape index (κ3) is 1.55. The van der Waals surface area contributed by atoms with Gasteiger partial charge in [0.2, 0.25) is 0 Å². The van der Waals surface area contributed by atoms with Crippen molar-refractivity contribution in [1.82, 2.24) is 0 Å². The van der Waals surface area contributed by atoms with Crippen molar-refractivity contribution < 1.29 is 0 Å². The van der Waals surface area contributed by atoms with Gasteiger partial charge in [0.1, 0.15) is 5.17 Å². The van der Waals surface area contributed by atoms with E-state index in [9.17, 15) is 0 Å². The fourth-order valence-electron chi connectivity index (χ4n) is 1.98. The van der Waals surface area contributed by atoms with Gasteiger partial charge < -0.3 is 5.32 Å². The van der Waals surface area contributed by atoms with Crippen LogP contribution in [0.4, 0.5) is 5.69 Å². The van der Waals surface area contributed by atoms with E-state index in [0.717, 1.165) is 35.5 Å². The van der Waals surface area contributed by atoms with Crippen LogP contribution < -0.4 is 5.32 Å². The fraction of sp³-hybridized carbons (Fsp3) is 0.154. The van der Waals surface area contributed by atoms with Crippen LogP contribution in [0.15, 0.2) is 52.8 Å². The first-order valence-electron chi connectivity index (χ1n) is 5.35. The molecule has 0 radical (unpaired) electrons. The van der Waals surface area contributed by atoms with Gasteiger partial charge in [-0.2, -0.15) is 0 Å². The molecule has 1 aromatic rings. The number of allylic oxidation sites excluding steroid dienone is 3. The Balaban J connectivity index is 2.16. The highest BCUT2D eigenvalue weighted by molar-refractivity contribution is 6.70. The summed E-state index contributed by atoms with van der Waals surface area (Å²) in [7, 11) is 0. The highest BCUT2D eigenvalue weighted by Crippen LogP contribution is 2.29. The van der Waals surface area contributed by atoms with E-state index in [1.807, 2.05) is 30.3 Å². The molecule has 0 saturated heterocycles. The molecule has 0 atom stereocenters. The minimum absolute atomic E-state index is 0.555. The van der Waals surface area contributed by atoms with Gasteiger partial charge in [-0.15, -0.1) is 0 Å². The van der Waals surface area contributed by atoms with E-state index in [1.165, 1.54) is 0 Å². The van der Waals surface area contributed by atoms with Crippen LogP contribution in [0.2, 0.25) is 0 Å². The summed E-state index contributed by atoms with van der Waals surface area (Å²) in [6.07, 6.45) is 6.21. The second kappa shape index (κ2) is 3.80. The summed E-state index contributed by atoms with van der Waals surface area (Å²) in [5.41, 5.74) is 4.11. The number of halogens is 1. The zero-order chi connectivity index (χ0) is 11.0. The number of nitrogens with one attached hydrogen (secondary N) is 1. The van der Waals surface area contributed by atoms with Crippen LogP contribution in [-0.4, -0.2) is 5.17 Å². The Bertz CT molecular complexity index is 526. The zero-order valence-electron chi connectivity index (χ0n) is 8.70. The van der Waals surface area contributed by atoms with Crippen molar-refractivity contribution in [1.29, 1.82) is 0 Å². The SMILES string of the molecule is ClC1=NC2=C(CCC=C2)Nc2ccccc21. The molecule has 0 aromatic heterocycles. The second-order valence-corrected chi connectivity index (χ2v) is 4.24. The number of para-hydroxylation sites is 1. The minimum atomic E-state index is 0.555. The van der Waals surface area contributed by atoms with E-state index in [1.54, 1.807) is 0 Å². The molecule has 16 heavy (non-hydrogen) atoms. The van der Waals surface area contributed by atoms with Crippen molar-refractivity contribution in [2.24, 2.45) is 4.99 Å². The Hall–Kier alpha value is -1.54. The summed E-state index contributed by atoms with van der Waals surface area (Å²) in [6, 6.07) is 7.98. The van der Waals surface area contributed by atoms with Crippen LogP contribution in [0.25, 0.3) is 0 Å². The Labute approximate surface area is 99.3 Å². The maximum absolute atomic E-state index is 6.21. The number of hydrogen-bond donors (Lipinski definition) is 1. The van der Waals surface area contributed by atoms with E-state index >= 15 is 0 Å². The third-order valence-corrected chi connectivity index (χ3v) is 3.09. The molecule has 0 saturated carbocycles. The van der Waals surface area contributed by atoms with E-state index < -0.39 is 0 Å². The first-order chi connectivity index (χ1) is 7.84. The van der Waals surface area contributed by atoms with E-state index in [-0.39, 0.29) is 0 Å². The molecule has 2 nitrogen and oxygen atoms in total. The third-order valence-electron chi connectivity index (χ3n) is 2.80. The minimum Gasteiger partial charge on any atom is -0.357 e. The lowest BCUT2D eigenvalue weighted by Crippen LogP contribution is -2.04. The highest BCUT2D eigenvalue weighted by Gasteiger charge is 2.16. The molecule has 3 rings (SSSR count). The van der Waals surface area contributed by atoms with Gasteiger partial charge in [0.05, 0.1) is 5.70 Å². The molecule has 80 valence electrons. The van der Waals surface area contributed by atoms with Crippen molar-refractivity contribution in [3.63, 3.8) is 0 Å². The van der Waals surface area contributed by atoms with Crippen molar-refractivity contribution >= 4 is 22.5 Å². The largest absolute Gasteiger partial charge is 0.357 e. The van der Waals surface area contributed by atoms with Gasteiger partial charge in [-0.05, 0) is 31.1 Å². The van der Waals surface area contributed by atoms with Gasteiger partial charge >= 0.3 is 0 Å². The zero-order valence-corrected chi connectivity index (χ0v) is 9.46. The quantitative estimate of drug-likeness (QED) is 0.723. The van der Waals surface area contributed by atoms with Crippen molar-refractivity contribution in [2.75, 3.05) is 5.32 Å². The molecule has 1 aliphatic carbocycles. The first-order valence-corrected chi connectivity index (χ1v) is 5.73. The van der Waals surface area contributed by atoms with Gasteiger partial charge in [0, 0.05) is 16.9 Å². The van der Waals surface area contributed by atoms with Crippen LogP contribution >= 0.6 is 11.6 Å². The number of fused-ring (bicyclic) bond motifs is 1. The molecule has 1 N–H and O–H groups in total. The number of aliphatic imine (C=N–C) groups is 1. The number of nitrogens with zero attached hydrogens (tertiary/aromatic N) is 1. The Morgan fingerprint density at radius 1 is 1.25 bits per heavy atom. The van der Waals surface area contributed by atoms with Crippen LogP contribution in [0.1, 0.15) is 18.4 Å². The van der Waals surface area contributed by atoms with E-state index in [0.29, 0.717) is 5.17 Å². The fourth-order valence-corrected chi connectivity index (χ4v) is 2.24. The second-order valence-electron chi connectivity index (χ2n) is 3.88. The van der Waals surface area contributed by atoms with Crippen LogP contribution in [0, 0.1) is 0 Å². The molecule has 0 amide bonds. The first kappa shape index (κ1) is 9.67. The molecule has 0 fully saturated rings. The molecule has 0 bridgehead atoms. The Morgan fingerprint density at radius 3 is 3.06 bits per heavy atom. The average Bonchev–Trinajstić information content (AvgIpc) is 2.45. The van der Waals surface area contributed by atoms with Crippen molar-refractivity contribution in [3.8, 4) is 0 Å². The van der Waals surface area contributed by atoms with Crippen LogP contribution in [0.3, 0.4) is 0 Å². The smallest absolute Gasteiger partial charge is 0.139 e. The lowest BCUT2D eigenvalue weighted by atomic mass is 10.1. The lowest BCUT2D eigenvalue weighted by molar-refractivity contribution is 0.941. The molecular weight excluding hydrogens is 220 g/mol. The number of rotatable bonds is 0. The Morgan fingerprint density at radius 2 is 2.12 bits per heavy atom. The highest BCUT2D eigenvalue weighted by atomic mass is 35.5. The normalized spacial score (nSPS) is 18.2. The van der Waals surface area contributed by atoms with Crippen LogP contribution in [0.5, 0.6) is 0 Å². The standard InChI is InChI=1S/C13H11ClN2/c14-13-9-5-1-2-6-10(9)15-11-7-3-4-8-12(11)16-13/h1-2,4-6,8,15H,3,7H2. The maximum Gasteiger partial charge on any atom is 0.139 e. The van der Waals surface area contributed by atoms with Gasteiger partial charge in [0.25, 0.3) is 0 Å².